The number of piperidine rings is 1. The molecule has 1 aliphatic heterocycles. The molecule has 1 fully saturated rings. The number of hydrogen-bond donors (Lipinski definition) is 2. The van der Waals surface area contributed by atoms with Crippen molar-refractivity contribution in [2.45, 2.75) is 39.2 Å². The van der Waals surface area contributed by atoms with Crippen LogP contribution in [0.4, 0.5) is 4.39 Å². The minimum absolute atomic E-state index is 0.0552. The molecule has 1 saturated heterocycles. The molecule has 4 heteroatoms. The van der Waals surface area contributed by atoms with Crippen molar-refractivity contribution in [3.8, 4) is 0 Å². The van der Waals surface area contributed by atoms with Crippen LogP contribution in [-0.4, -0.2) is 23.8 Å². The minimum Gasteiger partial charge on any atom is -0.384 e. The van der Waals surface area contributed by atoms with Gasteiger partial charge in [0.15, 0.2) is 0 Å². The molecule has 110 valence electrons. The number of nitrogen functional groups attached to an aromatic ring is 1. The predicted octanol–water partition coefficient (Wildman–Crippen LogP) is 3.12. The van der Waals surface area contributed by atoms with Crippen LogP contribution in [0.2, 0.25) is 0 Å². The van der Waals surface area contributed by atoms with Crippen LogP contribution in [0.15, 0.2) is 18.2 Å². The lowest BCUT2D eigenvalue weighted by Gasteiger charge is -2.32. The molecule has 0 unspecified atom stereocenters. The first-order valence-electron chi connectivity index (χ1n) is 7.45. The van der Waals surface area contributed by atoms with Gasteiger partial charge in [0.1, 0.15) is 11.7 Å². The molecular weight excluding hydrogens is 253 g/mol. The number of benzene rings is 1. The highest BCUT2D eigenvalue weighted by molar-refractivity contribution is 5.96. The van der Waals surface area contributed by atoms with Crippen molar-refractivity contribution in [1.82, 2.24) is 4.90 Å². The molecule has 2 rings (SSSR count). The van der Waals surface area contributed by atoms with E-state index in [-0.39, 0.29) is 11.7 Å². The quantitative estimate of drug-likeness (QED) is 0.642. The van der Waals surface area contributed by atoms with Crippen LogP contribution in [-0.2, 0) is 6.54 Å². The summed E-state index contributed by atoms with van der Waals surface area (Å²) in [4.78, 5) is 2.38. The van der Waals surface area contributed by atoms with Crippen LogP contribution < -0.4 is 5.73 Å². The number of amidine groups is 1. The van der Waals surface area contributed by atoms with Gasteiger partial charge < -0.3 is 5.73 Å². The fourth-order valence-corrected chi connectivity index (χ4v) is 3.02. The summed E-state index contributed by atoms with van der Waals surface area (Å²) in [5.74, 6) is 0.470. The summed E-state index contributed by atoms with van der Waals surface area (Å²) in [6, 6.07) is 4.57. The number of rotatable bonds is 5. The summed E-state index contributed by atoms with van der Waals surface area (Å²) < 4.78 is 13.3. The van der Waals surface area contributed by atoms with Gasteiger partial charge >= 0.3 is 0 Å². The van der Waals surface area contributed by atoms with E-state index in [2.05, 4.69) is 11.8 Å². The highest BCUT2D eigenvalue weighted by Gasteiger charge is 2.19. The summed E-state index contributed by atoms with van der Waals surface area (Å²) in [6.07, 6.45) is 5.06. The zero-order valence-electron chi connectivity index (χ0n) is 12.2. The topological polar surface area (TPSA) is 53.1 Å². The van der Waals surface area contributed by atoms with E-state index in [4.69, 9.17) is 11.1 Å². The molecule has 0 radical (unpaired) electrons. The number of nitrogens with one attached hydrogen (secondary N) is 1. The summed E-state index contributed by atoms with van der Waals surface area (Å²) in [5, 5.41) is 7.57. The Bertz CT molecular complexity index is 465. The van der Waals surface area contributed by atoms with Crippen molar-refractivity contribution in [3.63, 3.8) is 0 Å². The van der Waals surface area contributed by atoms with E-state index in [1.54, 1.807) is 6.07 Å². The molecule has 0 spiro atoms. The van der Waals surface area contributed by atoms with E-state index in [1.807, 2.05) is 0 Å². The molecule has 1 heterocycles. The number of nitrogens with two attached hydrogens (primary N) is 1. The van der Waals surface area contributed by atoms with Crippen molar-refractivity contribution in [2.24, 2.45) is 11.7 Å². The zero-order valence-corrected chi connectivity index (χ0v) is 12.2. The maximum Gasteiger partial charge on any atom is 0.123 e. The number of likely N-dealkylation sites (tertiary alicyclic amines) is 1. The summed E-state index contributed by atoms with van der Waals surface area (Å²) >= 11 is 0. The van der Waals surface area contributed by atoms with Gasteiger partial charge in [-0.05, 0) is 49.5 Å². The van der Waals surface area contributed by atoms with Gasteiger partial charge in [-0.3, -0.25) is 10.3 Å². The third kappa shape index (κ3) is 3.79. The second kappa shape index (κ2) is 6.84. The van der Waals surface area contributed by atoms with E-state index in [1.165, 1.54) is 37.8 Å². The molecule has 3 N–H and O–H groups in total. The molecule has 0 atom stereocenters. The molecule has 20 heavy (non-hydrogen) atoms. The Morgan fingerprint density at radius 1 is 1.40 bits per heavy atom. The largest absolute Gasteiger partial charge is 0.384 e. The van der Waals surface area contributed by atoms with Crippen molar-refractivity contribution < 1.29 is 4.39 Å². The van der Waals surface area contributed by atoms with Gasteiger partial charge in [-0.15, -0.1) is 0 Å². The van der Waals surface area contributed by atoms with Crippen LogP contribution in [0.1, 0.15) is 43.7 Å². The van der Waals surface area contributed by atoms with Crippen LogP contribution >= 0.6 is 0 Å². The number of hydrogen-bond acceptors (Lipinski definition) is 2. The standard InChI is InChI=1S/C16H24FN3/c1-2-3-12-6-8-20(9-7-12)11-13-4-5-14(17)10-15(13)16(18)19/h4-5,10,12H,2-3,6-9,11H2,1H3,(H3,18,19). The smallest absolute Gasteiger partial charge is 0.123 e. The van der Waals surface area contributed by atoms with Crippen LogP contribution in [0.25, 0.3) is 0 Å². The highest BCUT2D eigenvalue weighted by atomic mass is 19.1. The fraction of sp³-hybridized carbons (Fsp3) is 0.562. The molecule has 1 aromatic rings. The van der Waals surface area contributed by atoms with Crippen molar-refractivity contribution in [1.29, 1.82) is 5.41 Å². The van der Waals surface area contributed by atoms with E-state index in [0.29, 0.717) is 5.56 Å². The summed E-state index contributed by atoms with van der Waals surface area (Å²) in [7, 11) is 0. The SMILES string of the molecule is CCCC1CCN(Cc2ccc(F)cc2C(=N)N)CC1. The van der Waals surface area contributed by atoms with Gasteiger partial charge in [0, 0.05) is 12.1 Å². The first-order valence-corrected chi connectivity index (χ1v) is 7.45. The molecule has 0 amide bonds. The van der Waals surface area contributed by atoms with Crippen molar-refractivity contribution in [2.75, 3.05) is 13.1 Å². The van der Waals surface area contributed by atoms with Gasteiger partial charge in [0.25, 0.3) is 0 Å². The molecule has 0 aliphatic carbocycles. The molecule has 3 nitrogen and oxygen atoms in total. The molecule has 0 bridgehead atoms. The lowest BCUT2D eigenvalue weighted by Crippen LogP contribution is -2.33. The Kier molecular flexibility index (Phi) is 5.12. The van der Waals surface area contributed by atoms with E-state index < -0.39 is 0 Å². The predicted molar refractivity (Wildman–Crippen MR) is 80.3 cm³/mol. The van der Waals surface area contributed by atoms with Crippen molar-refractivity contribution >= 4 is 5.84 Å². The lowest BCUT2D eigenvalue weighted by atomic mass is 9.92. The Morgan fingerprint density at radius 3 is 2.70 bits per heavy atom. The van der Waals surface area contributed by atoms with Gasteiger partial charge in [0.05, 0.1) is 0 Å². The second-order valence-corrected chi connectivity index (χ2v) is 5.72. The average Bonchev–Trinajstić information content (AvgIpc) is 2.43. The molecule has 1 aromatic carbocycles. The third-order valence-corrected chi connectivity index (χ3v) is 4.16. The Labute approximate surface area is 120 Å². The Balaban J connectivity index is 1.99. The van der Waals surface area contributed by atoms with Gasteiger partial charge in [-0.2, -0.15) is 0 Å². The second-order valence-electron chi connectivity index (χ2n) is 5.72. The van der Waals surface area contributed by atoms with Crippen LogP contribution in [0, 0.1) is 17.1 Å². The summed E-state index contributed by atoms with van der Waals surface area (Å²) in [6.45, 7) is 5.16. The monoisotopic (exact) mass is 277 g/mol. The Hall–Kier alpha value is -1.42. The van der Waals surface area contributed by atoms with Crippen LogP contribution in [0.3, 0.4) is 0 Å². The first-order chi connectivity index (χ1) is 9.60. The minimum atomic E-state index is -0.333. The summed E-state index contributed by atoms with van der Waals surface area (Å²) in [5.41, 5.74) is 7.03. The first kappa shape index (κ1) is 15.0. The van der Waals surface area contributed by atoms with Gasteiger partial charge in [-0.25, -0.2) is 4.39 Å². The number of nitrogens with zero attached hydrogens (tertiary/aromatic N) is 1. The lowest BCUT2D eigenvalue weighted by molar-refractivity contribution is 0.171. The Morgan fingerprint density at radius 2 is 2.10 bits per heavy atom. The zero-order chi connectivity index (χ0) is 14.5. The average molecular weight is 277 g/mol. The molecule has 0 aromatic heterocycles. The van der Waals surface area contributed by atoms with E-state index in [0.717, 1.165) is 31.1 Å². The third-order valence-electron chi connectivity index (χ3n) is 4.16. The normalized spacial score (nSPS) is 17.3. The van der Waals surface area contributed by atoms with E-state index in [9.17, 15) is 4.39 Å². The van der Waals surface area contributed by atoms with Crippen molar-refractivity contribution in [3.05, 3.63) is 35.1 Å². The highest BCUT2D eigenvalue weighted by Crippen LogP contribution is 2.23. The molecule has 1 aliphatic rings. The fourth-order valence-electron chi connectivity index (χ4n) is 3.02. The van der Waals surface area contributed by atoms with Crippen LogP contribution in [0.5, 0.6) is 0 Å². The van der Waals surface area contributed by atoms with Gasteiger partial charge in [-0.1, -0.05) is 25.8 Å². The number of halogens is 1. The van der Waals surface area contributed by atoms with Gasteiger partial charge in [0.2, 0.25) is 0 Å². The molecule has 0 saturated carbocycles. The molecular formula is C16H24FN3. The van der Waals surface area contributed by atoms with E-state index >= 15 is 0 Å². The maximum atomic E-state index is 13.3. The maximum absolute atomic E-state index is 13.3.